The molecule has 88 valence electrons. The van der Waals surface area contributed by atoms with Gasteiger partial charge in [-0.3, -0.25) is 4.98 Å². The number of rotatable bonds is 5. The van der Waals surface area contributed by atoms with Gasteiger partial charge in [0.05, 0.1) is 30.9 Å². The first-order valence-corrected chi connectivity index (χ1v) is 5.20. The van der Waals surface area contributed by atoms with E-state index in [0.29, 0.717) is 0 Å². The van der Waals surface area contributed by atoms with Crippen molar-refractivity contribution >= 4 is 17.3 Å². The number of pyridine rings is 1. The highest BCUT2D eigenvalue weighted by Crippen LogP contribution is 2.13. The van der Waals surface area contributed by atoms with Gasteiger partial charge in [-0.2, -0.15) is 0 Å². The van der Waals surface area contributed by atoms with Crippen LogP contribution in [-0.2, 0) is 9.53 Å². The number of nitrogens with zero attached hydrogens (tertiary/aromatic N) is 1. The summed E-state index contributed by atoms with van der Waals surface area (Å²) in [6.07, 6.45) is 3.40. The highest BCUT2D eigenvalue weighted by molar-refractivity contribution is 5.78. The van der Waals surface area contributed by atoms with E-state index in [-0.39, 0.29) is 12.0 Å². The van der Waals surface area contributed by atoms with E-state index in [1.165, 1.54) is 7.11 Å². The van der Waals surface area contributed by atoms with Gasteiger partial charge in [0.25, 0.3) is 0 Å². The molecule has 0 aliphatic carbocycles. The first kappa shape index (κ1) is 12.3. The van der Waals surface area contributed by atoms with E-state index in [9.17, 15) is 4.79 Å². The minimum Gasteiger partial charge on any atom is -0.467 e. The van der Waals surface area contributed by atoms with E-state index in [0.717, 1.165) is 17.9 Å². The lowest BCUT2D eigenvalue weighted by molar-refractivity contribution is -0.141. The third-order valence-electron chi connectivity index (χ3n) is 2.06. The predicted molar refractivity (Wildman–Crippen MR) is 63.5 cm³/mol. The molecular formula is C11H17N3O2. The zero-order chi connectivity index (χ0) is 12.0. The number of carbonyl (C=O) groups is 1. The van der Waals surface area contributed by atoms with E-state index in [2.05, 4.69) is 20.4 Å². The van der Waals surface area contributed by atoms with Gasteiger partial charge in [-0.1, -0.05) is 0 Å². The van der Waals surface area contributed by atoms with Crippen molar-refractivity contribution in [2.75, 3.05) is 24.3 Å². The van der Waals surface area contributed by atoms with Crippen molar-refractivity contribution in [1.82, 2.24) is 4.98 Å². The van der Waals surface area contributed by atoms with Crippen LogP contribution in [0.15, 0.2) is 18.5 Å². The summed E-state index contributed by atoms with van der Waals surface area (Å²) in [6.45, 7) is 4.58. The second kappa shape index (κ2) is 5.95. The minimum atomic E-state index is -0.385. The highest BCUT2D eigenvalue weighted by Gasteiger charge is 2.12. The SMILES string of the molecule is CCNc1cncc(NC(C)C(=O)OC)c1. The van der Waals surface area contributed by atoms with Crippen molar-refractivity contribution in [3.63, 3.8) is 0 Å². The molecular weight excluding hydrogens is 206 g/mol. The molecule has 0 aliphatic rings. The van der Waals surface area contributed by atoms with Crippen LogP contribution < -0.4 is 10.6 Å². The molecule has 0 amide bonds. The average molecular weight is 223 g/mol. The number of nitrogens with one attached hydrogen (secondary N) is 2. The van der Waals surface area contributed by atoms with Crippen molar-refractivity contribution in [2.24, 2.45) is 0 Å². The summed E-state index contributed by atoms with van der Waals surface area (Å²) in [6, 6.07) is 1.51. The number of ether oxygens (including phenoxy) is 1. The van der Waals surface area contributed by atoms with Gasteiger partial charge in [-0.05, 0) is 19.9 Å². The van der Waals surface area contributed by atoms with Crippen molar-refractivity contribution in [3.8, 4) is 0 Å². The molecule has 1 aromatic heterocycles. The molecule has 2 N–H and O–H groups in total. The maximum absolute atomic E-state index is 11.2. The lowest BCUT2D eigenvalue weighted by Crippen LogP contribution is -2.27. The zero-order valence-electron chi connectivity index (χ0n) is 9.78. The number of hydrogen-bond acceptors (Lipinski definition) is 5. The fourth-order valence-electron chi connectivity index (χ4n) is 1.31. The Bertz CT molecular complexity index is 355. The molecule has 0 spiro atoms. The Labute approximate surface area is 95.2 Å². The van der Waals surface area contributed by atoms with Crippen molar-refractivity contribution in [3.05, 3.63) is 18.5 Å². The van der Waals surface area contributed by atoms with Gasteiger partial charge < -0.3 is 15.4 Å². The third-order valence-corrected chi connectivity index (χ3v) is 2.06. The molecule has 1 heterocycles. The van der Waals surface area contributed by atoms with Crippen LogP contribution in [0.2, 0.25) is 0 Å². The van der Waals surface area contributed by atoms with E-state index < -0.39 is 0 Å². The van der Waals surface area contributed by atoms with Crippen LogP contribution in [0.1, 0.15) is 13.8 Å². The predicted octanol–water partition coefficient (Wildman–Crippen LogP) is 1.49. The monoisotopic (exact) mass is 223 g/mol. The largest absolute Gasteiger partial charge is 0.467 e. The first-order valence-electron chi connectivity index (χ1n) is 5.20. The molecule has 0 saturated heterocycles. The summed E-state index contributed by atoms with van der Waals surface area (Å²) in [4.78, 5) is 15.3. The van der Waals surface area contributed by atoms with E-state index in [1.54, 1.807) is 19.3 Å². The molecule has 0 saturated carbocycles. The maximum atomic E-state index is 11.2. The molecule has 16 heavy (non-hydrogen) atoms. The molecule has 5 heteroatoms. The number of hydrogen-bond donors (Lipinski definition) is 2. The molecule has 5 nitrogen and oxygen atoms in total. The van der Waals surface area contributed by atoms with E-state index in [4.69, 9.17) is 0 Å². The zero-order valence-corrected chi connectivity index (χ0v) is 9.78. The van der Waals surface area contributed by atoms with Gasteiger partial charge >= 0.3 is 5.97 Å². The maximum Gasteiger partial charge on any atom is 0.327 e. The first-order chi connectivity index (χ1) is 7.67. The van der Waals surface area contributed by atoms with Crippen LogP contribution in [0.5, 0.6) is 0 Å². The normalized spacial score (nSPS) is 11.7. The quantitative estimate of drug-likeness (QED) is 0.740. The molecule has 0 aliphatic heterocycles. The summed E-state index contributed by atoms with van der Waals surface area (Å²) in [5, 5.41) is 6.16. The molecule has 0 fully saturated rings. The molecule has 1 atom stereocenters. The summed E-state index contributed by atoms with van der Waals surface area (Å²) in [5.41, 5.74) is 1.71. The van der Waals surface area contributed by atoms with Gasteiger partial charge in [0.2, 0.25) is 0 Å². The smallest absolute Gasteiger partial charge is 0.327 e. The number of anilines is 2. The third kappa shape index (κ3) is 3.42. The number of methoxy groups -OCH3 is 1. The van der Waals surface area contributed by atoms with Gasteiger partial charge in [-0.25, -0.2) is 4.79 Å². The van der Waals surface area contributed by atoms with Crippen LogP contribution in [0.25, 0.3) is 0 Å². The molecule has 0 bridgehead atoms. The van der Waals surface area contributed by atoms with Gasteiger partial charge in [0.15, 0.2) is 0 Å². The Morgan fingerprint density at radius 1 is 1.50 bits per heavy atom. The van der Waals surface area contributed by atoms with E-state index >= 15 is 0 Å². The van der Waals surface area contributed by atoms with Crippen molar-refractivity contribution in [1.29, 1.82) is 0 Å². The fourth-order valence-corrected chi connectivity index (χ4v) is 1.31. The van der Waals surface area contributed by atoms with E-state index in [1.807, 2.05) is 13.0 Å². The summed E-state index contributed by atoms with van der Waals surface area (Å²) in [7, 11) is 1.37. The number of aromatic nitrogens is 1. The standard InChI is InChI=1S/C11H17N3O2/c1-4-13-9-5-10(7-12-6-9)14-8(2)11(15)16-3/h5-8,13-14H,4H2,1-3H3. The summed E-state index contributed by atoms with van der Waals surface area (Å²) >= 11 is 0. The molecule has 0 radical (unpaired) electrons. The lowest BCUT2D eigenvalue weighted by Gasteiger charge is -2.13. The Balaban J connectivity index is 2.66. The average Bonchev–Trinajstić information content (AvgIpc) is 2.29. The topological polar surface area (TPSA) is 63.2 Å². The van der Waals surface area contributed by atoms with Crippen molar-refractivity contribution < 1.29 is 9.53 Å². The fraction of sp³-hybridized carbons (Fsp3) is 0.455. The van der Waals surface area contributed by atoms with Crippen LogP contribution in [0, 0.1) is 0 Å². The molecule has 1 rings (SSSR count). The van der Waals surface area contributed by atoms with Gasteiger partial charge in [0.1, 0.15) is 6.04 Å². The van der Waals surface area contributed by atoms with Crippen LogP contribution >= 0.6 is 0 Å². The summed E-state index contributed by atoms with van der Waals surface area (Å²) < 4.78 is 4.62. The Kier molecular flexibility index (Phi) is 4.57. The van der Waals surface area contributed by atoms with Gasteiger partial charge in [-0.15, -0.1) is 0 Å². The lowest BCUT2D eigenvalue weighted by atomic mass is 10.3. The second-order valence-electron chi connectivity index (χ2n) is 3.38. The van der Waals surface area contributed by atoms with Crippen LogP contribution in [0.4, 0.5) is 11.4 Å². The molecule has 1 aromatic rings. The number of esters is 1. The molecule has 1 unspecified atom stereocenters. The Morgan fingerprint density at radius 2 is 2.19 bits per heavy atom. The minimum absolute atomic E-state index is 0.297. The van der Waals surface area contributed by atoms with Crippen LogP contribution in [0.3, 0.4) is 0 Å². The highest BCUT2D eigenvalue weighted by atomic mass is 16.5. The second-order valence-corrected chi connectivity index (χ2v) is 3.38. The number of carbonyl (C=O) groups excluding carboxylic acids is 1. The van der Waals surface area contributed by atoms with Crippen molar-refractivity contribution in [2.45, 2.75) is 19.9 Å². The molecule has 0 aromatic carbocycles. The van der Waals surface area contributed by atoms with Crippen LogP contribution in [-0.4, -0.2) is 30.6 Å². The Hall–Kier alpha value is -1.78. The Morgan fingerprint density at radius 3 is 2.81 bits per heavy atom. The summed E-state index contributed by atoms with van der Waals surface area (Å²) in [5.74, 6) is -0.297. The van der Waals surface area contributed by atoms with Gasteiger partial charge in [0, 0.05) is 6.54 Å².